The Morgan fingerprint density at radius 1 is 1.27 bits per heavy atom. The van der Waals surface area contributed by atoms with Gasteiger partial charge in [0.05, 0.1) is 0 Å². The van der Waals surface area contributed by atoms with Gasteiger partial charge in [-0.25, -0.2) is 0 Å². The van der Waals surface area contributed by atoms with Gasteiger partial charge in [0, 0.05) is 12.8 Å². The fraction of sp³-hybridized carbons (Fsp3) is 0.500. The molecule has 0 amide bonds. The van der Waals surface area contributed by atoms with Crippen LogP contribution in [0.15, 0.2) is 29.3 Å². The van der Waals surface area contributed by atoms with Crippen molar-refractivity contribution in [3.63, 3.8) is 0 Å². The first kappa shape index (κ1) is 10.2. The lowest BCUT2D eigenvalue weighted by atomic mass is 10.1. The third kappa shape index (κ3) is 4.54. The van der Waals surface area contributed by atoms with Gasteiger partial charge in [0.2, 0.25) is 0 Å². The number of allylic oxidation sites excluding steroid dienone is 4. The van der Waals surface area contributed by atoms with Gasteiger partial charge in [0.25, 0.3) is 0 Å². The molecule has 0 atom stereocenters. The monoisotopic (exact) mass is 151 g/mol. The lowest BCUT2D eigenvalue weighted by Gasteiger charge is -2.01. The van der Waals surface area contributed by atoms with Crippen molar-refractivity contribution in [1.82, 2.24) is 0 Å². The second-order valence-electron chi connectivity index (χ2n) is 2.69. The zero-order valence-corrected chi connectivity index (χ0v) is 7.83. The molecule has 1 heteroatoms. The highest BCUT2D eigenvalue weighted by molar-refractivity contribution is 5.96. The first-order chi connectivity index (χ1) is 5.22. The summed E-state index contributed by atoms with van der Waals surface area (Å²) in [6.45, 7) is 6.28. The number of nitrogens with zero attached hydrogens (tertiary/aromatic N) is 1. The third-order valence-corrected chi connectivity index (χ3v) is 1.42. The van der Waals surface area contributed by atoms with Gasteiger partial charge in [-0.15, -0.1) is 0 Å². The van der Waals surface area contributed by atoms with Crippen molar-refractivity contribution < 1.29 is 0 Å². The van der Waals surface area contributed by atoms with Crippen LogP contribution >= 0.6 is 0 Å². The second kappa shape index (κ2) is 5.90. The Morgan fingerprint density at radius 2 is 1.91 bits per heavy atom. The highest BCUT2D eigenvalue weighted by atomic mass is 14.7. The summed E-state index contributed by atoms with van der Waals surface area (Å²) in [4.78, 5) is 4.16. The van der Waals surface area contributed by atoms with Crippen LogP contribution in [0.5, 0.6) is 0 Å². The molecule has 0 aliphatic rings. The van der Waals surface area contributed by atoms with E-state index in [-0.39, 0.29) is 0 Å². The predicted octanol–water partition coefficient (Wildman–Crippen LogP) is 2.85. The van der Waals surface area contributed by atoms with Gasteiger partial charge in [-0.2, -0.15) is 0 Å². The van der Waals surface area contributed by atoms with Crippen LogP contribution in [0.1, 0.15) is 20.8 Å². The average molecular weight is 151 g/mol. The molecule has 0 rings (SSSR count). The van der Waals surface area contributed by atoms with Crippen LogP contribution < -0.4 is 0 Å². The van der Waals surface area contributed by atoms with E-state index in [1.807, 2.05) is 38.3 Å². The van der Waals surface area contributed by atoms with E-state index in [1.54, 1.807) is 0 Å². The molecule has 11 heavy (non-hydrogen) atoms. The van der Waals surface area contributed by atoms with E-state index in [1.165, 1.54) is 0 Å². The van der Waals surface area contributed by atoms with Gasteiger partial charge in [-0.1, -0.05) is 32.1 Å². The van der Waals surface area contributed by atoms with Crippen LogP contribution in [0.4, 0.5) is 0 Å². The SMILES string of the molecule is C\C=C/C=C\C(=N/C)C(C)C. The van der Waals surface area contributed by atoms with Crippen molar-refractivity contribution in [3.8, 4) is 0 Å². The molecule has 0 aromatic carbocycles. The van der Waals surface area contributed by atoms with Gasteiger partial charge in [-0.05, 0) is 18.9 Å². The first-order valence-corrected chi connectivity index (χ1v) is 3.98. The highest BCUT2D eigenvalue weighted by Crippen LogP contribution is 1.98. The Labute approximate surface area is 69.5 Å². The molecule has 0 unspecified atom stereocenters. The number of rotatable bonds is 3. The molecule has 0 N–H and O–H groups in total. The molecule has 0 aliphatic carbocycles. The van der Waals surface area contributed by atoms with Gasteiger partial charge in [0.15, 0.2) is 0 Å². The Hall–Kier alpha value is -0.850. The van der Waals surface area contributed by atoms with Crippen LogP contribution in [-0.4, -0.2) is 12.8 Å². The molecule has 0 fully saturated rings. The zero-order valence-electron chi connectivity index (χ0n) is 7.83. The molecule has 0 saturated heterocycles. The molecule has 0 aromatic rings. The second-order valence-corrected chi connectivity index (χ2v) is 2.69. The van der Waals surface area contributed by atoms with Crippen LogP contribution in [0.2, 0.25) is 0 Å². The fourth-order valence-electron chi connectivity index (χ4n) is 0.790. The van der Waals surface area contributed by atoms with E-state index >= 15 is 0 Å². The van der Waals surface area contributed by atoms with E-state index < -0.39 is 0 Å². The summed E-state index contributed by atoms with van der Waals surface area (Å²) >= 11 is 0. The van der Waals surface area contributed by atoms with Crippen molar-refractivity contribution in [3.05, 3.63) is 24.3 Å². The van der Waals surface area contributed by atoms with Gasteiger partial charge in [-0.3, -0.25) is 4.99 Å². The fourth-order valence-corrected chi connectivity index (χ4v) is 0.790. The minimum absolute atomic E-state index is 0.515. The number of hydrogen-bond donors (Lipinski definition) is 0. The lowest BCUT2D eigenvalue weighted by molar-refractivity contribution is 0.886. The first-order valence-electron chi connectivity index (χ1n) is 3.98. The van der Waals surface area contributed by atoms with Gasteiger partial charge in [0.1, 0.15) is 0 Å². The van der Waals surface area contributed by atoms with Crippen LogP contribution in [0.3, 0.4) is 0 Å². The van der Waals surface area contributed by atoms with Crippen molar-refractivity contribution >= 4 is 5.71 Å². The highest BCUT2D eigenvalue weighted by Gasteiger charge is 1.96. The largest absolute Gasteiger partial charge is 0.293 e. The number of hydrogen-bond acceptors (Lipinski definition) is 1. The molecule has 0 aliphatic heterocycles. The van der Waals surface area contributed by atoms with Crippen LogP contribution in [-0.2, 0) is 0 Å². The third-order valence-electron chi connectivity index (χ3n) is 1.42. The van der Waals surface area contributed by atoms with Crippen LogP contribution in [0, 0.1) is 5.92 Å². The Kier molecular flexibility index (Phi) is 5.44. The molecule has 0 aromatic heterocycles. The van der Waals surface area contributed by atoms with E-state index in [2.05, 4.69) is 18.8 Å². The van der Waals surface area contributed by atoms with Gasteiger partial charge < -0.3 is 0 Å². The molecular weight excluding hydrogens is 134 g/mol. The molecule has 0 bridgehead atoms. The molecular formula is C10H17N. The van der Waals surface area contributed by atoms with Crippen molar-refractivity contribution in [2.24, 2.45) is 10.9 Å². The van der Waals surface area contributed by atoms with Crippen LogP contribution in [0.25, 0.3) is 0 Å². The maximum atomic E-state index is 4.16. The summed E-state index contributed by atoms with van der Waals surface area (Å²) < 4.78 is 0. The van der Waals surface area contributed by atoms with Crippen molar-refractivity contribution in [2.75, 3.05) is 7.05 Å². The van der Waals surface area contributed by atoms with E-state index in [0.717, 1.165) is 5.71 Å². The normalized spacial score (nSPS) is 14.1. The molecule has 0 saturated carbocycles. The maximum Gasteiger partial charge on any atom is 0.0370 e. The summed E-state index contributed by atoms with van der Waals surface area (Å²) in [7, 11) is 1.83. The number of aliphatic imine (C=N–C) groups is 1. The smallest absolute Gasteiger partial charge is 0.0370 e. The van der Waals surface area contributed by atoms with E-state index in [4.69, 9.17) is 0 Å². The standard InChI is InChI=1S/C10H17N/c1-5-6-7-8-10(11-4)9(2)3/h5-9H,1-4H3/b6-5-,8-7-,11-10+. The minimum atomic E-state index is 0.515. The quantitative estimate of drug-likeness (QED) is 0.434. The Bertz CT molecular complexity index is 173. The summed E-state index contributed by atoms with van der Waals surface area (Å²) in [6.07, 6.45) is 8.07. The molecule has 0 radical (unpaired) electrons. The summed E-state index contributed by atoms with van der Waals surface area (Å²) in [5.41, 5.74) is 1.14. The summed E-state index contributed by atoms with van der Waals surface area (Å²) in [6, 6.07) is 0. The lowest BCUT2D eigenvalue weighted by Crippen LogP contribution is -2.02. The van der Waals surface area contributed by atoms with Gasteiger partial charge >= 0.3 is 0 Å². The topological polar surface area (TPSA) is 12.4 Å². The molecule has 0 spiro atoms. The van der Waals surface area contributed by atoms with Crippen molar-refractivity contribution in [1.29, 1.82) is 0 Å². The summed E-state index contributed by atoms with van der Waals surface area (Å²) in [5, 5.41) is 0. The zero-order chi connectivity index (χ0) is 8.69. The van der Waals surface area contributed by atoms with Crippen molar-refractivity contribution in [2.45, 2.75) is 20.8 Å². The summed E-state index contributed by atoms with van der Waals surface area (Å²) in [5.74, 6) is 0.515. The van der Waals surface area contributed by atoms with E-state index in [0.29, 0.717) is 5.92 Å². The Morgan fingerprint density at radius 3 is 2.27 bits per heavy atom. The molecule has 62 valence electrons. The van der Waals surface area contributed by atoms with E-state index in [9.17, 15) is 0 Å². The molecule has 1 nitrogen and oxygen atoms in total. The maximum absolute atomic E-state index is 4.16. The Balaban J connectivity index is 4.10. The average Bonchev–Trinajstić information content (AvgIpc) is 1.97. The minimum Gasteiger partial charge on any atom is -0.293 e. The predicted molar refractivity (Wildman–Crippen MR) is 52.2 cm³/mol. The molecule has 0 heterocycles.